The average Bonchev–Trinajstić information content (AvgIpc) is 3.47. The summed E-state index contributed by atoms with van der Waals surface area (Å²) in [4.78, 5) is 28.3. The smallest absolute Gasteiger partial charge is 0.233 e. The summed E-state index contributed by atoms with van der Waals surface area (Å²) in [5.41, 5.74) is 6.58. The van der Waals surface area contributed by atoms with Crippen molar-refractivity contribution in [3.05, 3.63) is 65.9 Å². The largest absolute Gasteiger partial charge is 0.467 e. The summed E-state index contributed by atoms with van der Waals surface area (Å²) in [7, 11) is 0. The number of piperazine rings is 1. The molecular weight excluding hydrogens is 440 g/mol. The van der Waals surface area contributed by atoms with E-state index >= 15 is 0 Å². The highest BCUT2D eigenvalue weighted by atomic mass is 32.2. The van der Waals surface area contributed by atoms with Gasteiger partial charge in [-0.1, -0.05) is 42.1 Å². The first-order chi connectivity index (χ1) is 16.1. The molecule has 0 radical (unpaired) electrons. The molecule has 2 aromatic heterocycles. The van der Waals surface area contributed by atoms with Gasteiger partial charge in [0.15, 0.2) is 5.16 Å². The van der Waals surface area contributed by atoms with Crippen LogP contribution in [0.25, 0.3) is 0 Å². The summed E-state index contributed by atoms with van der Waals surface area (Å²) >= 11 is 1.36. The molecule has 1 aromatic carbocycles. The van der Waals surface area contributed by atoms with Crippen molar-refractivity contribution < 1.29 is 14.0 Å². The number of aromatic nitrogens is 3. The topological polar surface area (TPSA) is 110 Å². The number of carbonyl (C=O) groups is 2. The van der Waals surface area contributed by atoms with Gasteiger partial charge in [0.25, 0.3) is 0 Å². The molecule has 4 rings (SSSR count). The van der Waals surface area contributed by atoms with Crippen molar-refractivity contribution in [3.8, 4) is 0 Å². The van der Waals surface area contributed by atoms with Crippen molar-refractivity contribution in [2.24, 2.45) is 5.73 Å². The van der Waals surface area contributed by atoms with Crippen molar-refractivity contribution in [2.45, 2.75) is 31.1 Å². The van der Waals surface area contributed by atoms with E-state index in [1.165, 1.54) is 17.3 Å². The van der Waals surface area contributed by atoms with Gasteiger partial charge in [0.05, 0.1) is 18.6 Å². The Hall–Kier alpha value is -3.11. The number of primary amides is 1. The van der Waals surface area contributed by atoms with E-state index in [9.17, 15) is 9.59 Å². The highest BCUT2D eigenvalue weighted by Gasteiger charge is 2.22. The second-order valence-corrected chi connectivity index (χ2v) is 8.90. The number of nitrogens with zero attached hydrogens (tertiary/aromatic N) is 5. The van der Waals surface area contributed by atoms with E-state index in [1.807, 2.05) is 27.7 Å². The third kappa shape index (κ3) is 6.45. The molecule has 3 aromatic rings. The fraction of sp³-hybridized carbons (Fsp3) is 0.391. The second kappa shape index (κ2) is 11.2. The molecule has 10 heteroatoms. The molecule has 9 nitrogen and oxygen atoms in total. The van der Waals surface area contributed by atoms with Gasteiger partial charge in [-0.2, -0.15) is 0 Å². The third-order valence-corrected chi connectivity index (χ3v) is 6.53. The van der Waals surface area contributed by atoms with Gasteiger partial charge in [-0.05, 0) is 17.7 Å². The fourth-order valence-corrected chi connectivity index (χ4v) is 4.64. The van der Waals surface area contributed by atoms with E-state index in [-0.39, 0.29) is 18.1 Å². The summed E-state index contributed by atoms with van der Waals surface area (Å²) in [5.74, 6) is 1.38. The zero-order valence-corrected chi connectivity index (χ0v) is 19.2. The van der Waals surface area contributed by atoms with Crippen LogP contribution in [0.5, 0.6) is 0 Å². The number of amides is 2. The monoisotopic (exact) mass is 468 g/mol. The molecule has 2 N–H and O–H groups in total. The van der Waals surface area contributed by atoms with Gasteiger partial charge in [-0.3, -0.25) is 19.1 Å². The zero-order valence-electron chi connectivity index (χ0n) is 18.4. The SMILES string of the molecule is NC(=O)CCc1nnc(SCC(=O)N2CCN(Cc3ccccc3)CC2)n1Cc1ccco1. The lowest BCUT2D eigenvalue weighted by Crippen LogP contribution is -2.48. The molecule has 0 bridgehead atoms. The van der Waals surface area contributed by atoms with Gasteiger partial charge >= 0.3 is 0 Å². The van der Waals surface area contributed by atoms with Crippen molar-refractivity contribution >= 4 is 23.6 Å². The van der Waals surface area contributed by atoms with Crippen LogP contribution in [0.3, 0.4) is 0 Å². The zero-order chi connectivity index (χ0) is 23.0. The van der Waals surface area contributed by atoms with Crippen molar-refractivity contribution in [1.29, 1.82) is 0 Å². The van der Waals surface area contributed by atoms with Crippen LogP contribution in [0.1, 0.15) is 23.6 Å². The van der Waals surface area contributed by atoms with Crippen LogP contribution in [-0.4, -0.2) is 68.3 Å². The van der Waals surface area contributed by atoms with Gasteiger partial charge in [0.1, 0.15) is 11.6 Å². The van der Waals surface area contributed by atoms with E-state index in [2.05, 4.69) is 39.4 Å². The lowest BCUT2D eigenvalue weighted by molar-refractivity contribution is -0.130. The third-order valence-electron chi connectivity index (χ3n) is 5.58. The Bertz CT molecular complexity index is 1050. The molecule has 0 unspecified atom stereocenters. The highest BCUT2D eigenvalue weighted by Crippen LogP contribution is 2.21. The Morgan fingerprint density at radius 2 is 1.79 bits per heavy atom. The number of benzene rings is 1. The maximum absolute atomic E-state index is 12.8. The Labute approximate surface area is 196 Å². The molecule has 0 spiro atoms. The number of furan rings is 1. The van der Waals surface area contributed by atoms with Crippen molar-refractivity contribution in [1.82, 2.24) is 24.6 Å². The Balaban J connectivity index is 1.31. The van der Waals surface area contributed by atoms with Crippen LogP contribution in [-0.2, 0) is 29.1 Å². The molecular formula is C23H28N6O3S. The van der Waals surface area contributed by atoms with Gasteiger partial charge in [0, 0.05) is 45.6 Å². The first-order valence-corrected chi connectivity index (χ1v) is 12.0. The van der Waals surface area contributed by atoms with Gasteiger partial charge in [-0.15, -0.1) is 10.2 Å². The summed E-state index contributed by atoms with van der Waals surface area (Å²) in [5, 5.41) is 9.10. The van der Waals surface area contributed by atoms with Crippen LogP contribution in [0.4, 0.5) is 0 Å². The van der Waals surface area contributed by atoms with E-state index in [0.29, 0.717) is 23.9 Å². The van der Waals surface area contributed by atoms with Crippen molar-refractivity contribution in [2.75, 3.05) is 31.9 Å². The van der Waals surface area contributed by atoms with E-state index in [4.69, 9.17) is 10.2 Å². The normalized spacial score (nSPS) is 14.5. The molecule has 1 saturated heterocycles. The Kier molecular flexibility index (Phi) is 7.79. The first-order valence-electron chi connectivity index (χ1n) is 11.0. The summed E-state index contributed by atoms with van der Waals surface area (Å²) in [6.45, 7) is 4.49. The Morgan fingerprint density at radius 1 is 1.00 bits per heavy atom. The quantitative estimate of drug-likeness (QED) is 0.452. The molecule has 3 heterocycles. The van der Waals surface area contributed by atoms with Crippen LogP contribution >= 0.6 is 11.8 Å². The van der Waals surface area contributed by atoms with Gasteiger partial charge < -0.3 is 15.1 Å². The van der Waals surface area contributed by atoms with Crippen LogP contribution in [0.2, 0.25) is 0 Å². The molecule has 0 atom stereocenters. The number of nitrogens with two attached hydrogens (primary N) is 1. The predicted molar refractivity (Wildman–Crippen MR) is 124 cm³/mol. The maximum Gasteiger partial charge on any atom is 0.233 e. The lowest BCUT2D eigenvalue weighted by atomic mass is 10.2. The molecule has 0 saturated carbocycles. The number of aryl methyl sites for hydroxylation is 1. The number of hydrogen-bond donors (Lipinski definition) is 1. The molecule has 1 aliphatic rings. The summed E-state index contributed by atoms with van der Waals surface area (Å²) in [6.07, 6.45) is 2.19. The summed E-state index contributed by atoms with van der Waals surface area (Å²) < 4.78 is 7.35. The highest BCUT2D eigenvalue weighted by molar-refractivity contribution is 7.99. The number of rotatable bonds is 10. The minimum atomic E-state index is -0.390. The van der Waals surface area contributed by atoms with Crippen LogP contribution in [0.15, 0.2) is 58.3 Å². The van der Waals surface area contributed by atoms with Crippen LogP contribution in [0, 0.1) is 0 Å². The average molecular weight is 469 g/mol. The minimum Gasteiger partial charge on any atom is -0.467 e. The lowest BCUT2D eigenvalue weighted by Gasteiger charge is -2.34. The van der Waals surface area contributed by atoms with Crippen molar-refractivity contribution in [3.63, 3.8) is 0 Å². The predicted octanol–water partition coefficient (Wildman–Crippen LogP) is 1.77. The van der Waals surface area contributed by atoms with Gasteiger partial charge in [-0.25, -0.2) is 0 Å². The van der Waals surface area contributed by atoms with E-state index in [0.717, 1.165) is 38.5 Å². The number of carbonyl (C=O) groups excluding carboxylic acids is 2. The number of thioether (sulfide) groups is 1. The van der Waals surface area contributed by atoms with Gasteiger partial charge in [0.2, 0.25) is 11.8 Å². The standard InChI is InChI=1S/C23H28N6O3S/c24-20(30)8-9-21-25-26-23(29(21)16-19-7-4-14-32-19)33-17-22(31)28-12-10-27(11-13-28)15-18-5-2-1-3-6-18/h1-7,14H,8-13,15-17H2,(H2,24,30). The minimum absolute atomic E-state index is 0.0885. The first kappa shape index (κ1) is 23.1. The van der Waals surface area contributed by atoms with E-state index < -0.39 is 5.91 Å². The Morgan fingerprint density at radius 3 is 2.48 bits per heavy atom. The second-order valence-electron chi connectivity index (χ2n) is 7.96. The number of hydrogen-bond acceptors (Lipinski definition) is 7. The summed E-state index contributed by atoms with van der Waals surface area (Å²) in [6, 6.07) is 14.1. The molecule has 0 aliphatic carbocycles. The molecule has 2 amide bonds. The fourth-order valence-electron chi connectivity index (χ4n) is 3.78. The molecule has 1 aliphatic heterocycles. The maximum atomic E-state index is 12.8. The van der Waals surface area contributed by atoms with Crippen LogP contribution < -0.4 is 5.73 Å². The molecule has 174 valence electrons. The molecule has 1 fully saturated rings. The van der Waals surface area contributed by atoms with E-state index in [1.54, 1.807) is 6.26 Å². The molecule has 33 heavy (non-hydrogen) atoms.